The van der Waals surface area contributed by atoms with Crippen molar-refractivity contribution in [2.75, 3.05) is 21.9 Å². The van der Waals surface area contributed by atoms with E-state index in [2.05, 4.69) is 5.32 Å². The number of carbonyl (C=O) groups is 1. The van der Waals surface area contributed by atoms with Crippen molar-refractivity contribution in [1.29, 1.82) is 0 Å². The predicted octanol–water partition coefficient (Wildman–Crippen LogP) is 4.03. The molecule has 7 heteroatoms. The van der Waals surface area contributed by atoms with E-state index in [1.807, 2.05) is 6.92 Å². The van der Waals surface area contributed by atoms with Crippen LogP contribution in [0, 0.1) is 11.8 Å². The Bertz CT molecular complexity index is 745. The molecule has 1 N–H and O–H groups in total. The van der Waals surface area contributed by atoms with Gasteiger partial charge in [-0.3, -0.25) is 9.10 Å². The Labute approximate surface area is 154 Å². The number of nitrogens with one attached hydrogen (secondary N) is 1. The summed E-state index contributed by atoms with van der Waals surface area (Å²) in [5, 5.41) is 3.26. The average Bonchev–Trinajstić information content (AvgIpc) is 3.09. The first-order valence-electron chi connectivity index (χ1n) is 8.99. The average molecular weight is 385 g/mol. The summed E-state index contributed by atoms with van der Waals surface area (Å²) >= 11 is 6.32. The van der Waals surface area contributed by atoms with Gasteiger partial charge in [-0.05, 0) is 49.8 Å². The standard InChI is InChI=1S/C18H25ClN2O3S/c1-13(14-6-2-3-7-14)18(22)20-15-8-9-17(16(19)12-15)21-10-4-5-11-25(21,23)24/h8-9,12-14H,2-7,10-11H2,1H3,(H,20,22). The van der Waals surface area contributed by atoms with Gasteiger partial charge < -0.3 is 5.32 Å². The topological polar surface area (TPSA) is 66.5 Å². The first kappa shape index (κ1) is 18.5. The van der Waals surface area contributed by atoms with Gasteiger partial charge in [0.1, 0.15) is 0 Å². The highest BCUT2D eigenvalue weighted by molar-refractivity contribution is 7.92. The minimum absolute atomic E-state index is 0.00121. The summed E-state index contributed by atoms with van der Waals surface area (Å²) in [6, 6.07) is 5.05. The molecule has 1 heterocycles. The lowest BCUT2D eigenvalue weighted by molar-refractivity contribution is -0.120. The van der Waals surface area contributed by atoms with E-state index in [1.165, 1.54) is 17.1 Å². The summed E-state index contributed by atoms with van der Waals surface area (Å²) in [7, 11) is -3.30. The zero-order valence-electron chi connectivity index (χ0n) is 14.5. The van der Waals surface area contributed by atoms with Crippen molar-refractivity contribution in [3.8, 4) is 0 Å². The van der Waals surface area contributed by atoms with Gasteiger partial charge in [-0.1, -0.05) is 31.4 Å². The minimum Gasteiger partial charge on any atom is -0.326 e. The first-order chi connectivity index (χ1) is 11.9. The van der Waals surface area contributed by atoms with Gasteiger partial charge in [0.25, 0.3) is 0 Å². The van der Waals surface area contributed by atoms with Gasteiger partial charge in [0.15, 0.2) is 0 Å². The maximum atomic E-state index is 12.4. The van der Waals surface area contributed by atoms with Gasteiger partial charge in [-0.25, -0.2) is 8.42 Å². The summed E-state index contributed by atoms with van der Waals surface area (Å²) in [6.45, 7) is 2.42. The molecule has 0 bridgehead atoms. The van der Waals surface area contributed by atoms with Crippen molar-refractivity contribution in [3.05, 3.63) is 23.2 Å². The Hall–Kier alpha value is -1.27. The van der Waals surface area contributed by atoms with Crippen molar-refractivity contribution in [2.24, 2.45) is 11.8 Å². The molecule has 1 aliphatic heterocycles. The van der Waals surface area contributed by atoms with E-state index in [4.69, 9.17) is 11.6 Å². The quantitative estimate of drug-likeness (QED) is 0.851. The van der Waals surface area contributed by atoms with Gasteiger partial charge in [0.2, 0.25) is 15.9 Å². The van der Waals surface area contributed by atoms with Gasteiger partial charge >= 0.3 is 0 Å². The molecule has 25 heavy (non-hydrogen) atoms. The summed E-state index contributed by atoms with van der Waals surface area (Å²) < 4.78 is 25.8. The Morgan fingerprint density at radius 3 is 2.60 bits per heavy atom. The van der Waals surface area contributed by atoms with Gasteiger partial charge in [-0.15, -0.1) is 0 Å². The number of nitrogens with zero attached hydrogens (tertiary/aromatic N) is 1. The molecule has 138 valence electrons. The van der Waals surface area contributed by atoms with E-state index in [1.54, 1.807) is 18.2 Å². The van der Waals surface area contributed by atoms with Gasteiger partial charge in [0.05, 0.1) is 16.5 Å². The maximum Gasteiger partial charge on any atom is 0.235 e. The molecule has 0 spiro atoms. The number of amides is 1. The molecule has 1 unspecified atom stereocenters. The third kappa shape index (κ3) is 4.11. The molecule has 2 fully saturated rings. The Morgan fingerprint density at radius 2 is 1.96 bits per heavy atom. The fourth-order valence-corrected chi connectivity index (χ4v) is 5.76. The van der Waals surface area contributed by atoms with Crippen LogP contribution in [0.4, 0.5) is 11.4 Å². The second kappa shape index (κ2) is 7.54. The molecule has 5 nitrogen and oxygen atoms in total. The van der Waals surface area contributed by atoms with Crippen molar-refractivity contribution >= 4 is 38.9 Å². The van der Waals surface area contributed by atoms with E-state index in [9.17, 15) is 13.2 Å². The molecule has 1 atom stereocenters. The second-order valence-electron chi connectivity index (χ2n) is 7.08. The molecule has 1 aromatic rings. The number of benzene rings is 1. The second-order valence-corrected chi connectivity index (χ2v) is 9.50. The fraction of sp³-hybridized carbons (Fsp3) is 0.611. The van der Waals surface area contributed by atoms with Crippen LogP contribution in [0.2, 0.25) is 5.02 Å². The van der Waals surface area contributed by atoms with Crippen LogP contribution in [-0.4, -0.2) is 26.6 Å². The molecule has 1 aromatic carbocycles. The largest absolute Gasteiger partial charge is 0.326 e. The highest BCUT2D eigenvalue weighted by atomic mass is 35.5. The molecule has 0 radical (unpaired) electrons. The lowest BCUT2D eigenvalue weighted by atomic mass is 9.92. The van der Waals surface area contributed by atoms with E-state index in [-0.39, 0.29) is 17.6 Å². The number of rotatable bonds is 4. The van der Waals surface area contributed by atoms with Gasteiger partial charge in [-0.2, -0.15) is 0 Å². The zero-order valence-corrected chi connectivity index (χ0v) is 16.1. The number of hydrogen-bond acceptors (Lipinski definition) is 3. The number of anilines is 2. The Kier molecular flexibility index (Phi) is 5.58. The lowest BCUT2D eigenvalue weighted by Crippen LogP contribution is -2.38. The van der Waals surface area contributed by atoms with E-state index in [0.717, 1.165) is 19.3 Å². The van der Waals surface area contributed by atoms with Crippen molar-refractivity contribution in [3.63, 3.8) is 0 Å². The van der Waals surface area contributed by atoms with E-state index < -0.39 is 10.0 Å². The summed E-state index contributed by atoms with van der Waals surface area (Å²) in [5.74, 6) is 0.582. The fourth-order valence-electron chi connectivity index (χ4n) is 3.77. The van der Waals surface area contributed by atoms with Crippen molar-refractivity contribution in [1.82, 2.24) is 0 Å². The predicted molar refractivity (Wildman–Crippen MR) is 102 cm³/mol. The number of sulfonamides is 1. The smallest absolute Gasteiger partial charge is 0.235 e. The number of carbonyl (C=O) groups excluding carboxylic acids is 1. The zero-order chi connectivity index (χ0) is 18.0. The van der Waals surface area contributed by atoms with Crippen LogP contribution >= 0.6 is 11.6 Å². The highest BCUT2D eigenvalue weighted by Crippen LogP contribution is 2.34. The van der Waals surface area contributed by atoms with Crippen LogP contribution < -0.4 is 9.62 Å². The van der Waals surface area contributed by atoms with Crippen LogP contribution in [0.5, 0.6) is 0 Å². The Balaban J connectivity index is 1.72. The molecule has 3 rings (SSSR count). The van der Waals surface area contributed by atoms with Crippen LogP contribution in [0.3, 0.4) is 0 Å². The van der Waals surface area contributed by atoms with Crippen molar-refractivity contribution < 1.29 is 13.2 Å². The molecular formula is C18H25ClN2O3S. The van der Waals surface area contributed by atoms with Crippen LogP contribution in [0.25, 0.3) is 0 Å². The van der Waals surface area contributed by atoms with Crippen LogP contribution in [0.1, 0.15) is 45.4 Å². The third-order valence-electron chi connectivity index (χ3n) is 5.35. The summed E-state index contributed by atoms with van der Waals surface area (Å²) in [5.41, 5.74) is 1.10. The Morgan fingerprint density at radius 1 is 1.24 bits per heavy atom. The molecule has 1 amide bonds. The highest BCUT2D eigenvalue weighted by Gasteiger charge is 2.29. The molecule has 2 aliphatic rings. The minimum atomic E-state index is -3.30. The number of hydrogen-bond donors (Lipinski definition) is 1. The number of halogens is 1. The monoisotopic (exact) mass is 384 g/mol. The first-order valence-corrected chi connectivity index (χ1v) is 11.0. The van der Waals surface area contributed by atoms with E-state index in [0.29, 0.717) is 35.3 Å². The summed E-state index contributed by atoms with van der Waals surface area (Å²) in [4.78, 5) is 12.4. The van der Waals surface area contributed by atoms with Crippen LogP contribution in [0.15, 0.2) is 18.2 Å². The van der Waals surface area contributed by atoms with E-state index >= 15 is 0 Å². The molecule has 1 saturated carbocycles. The maximum absolute atomic E-state index is 12.4. The van der Waals surface area contributed by atoms with Gasteiger partial charge in [0, 0.05) is 18.2 Å². The van der Waals surface area contributed by atoms with Crippen molar-refractivity contribution in [2.45, 2.75) is 45.4 Å². The lowest BCUT2D eigenvalue weighted by Gasteiger charge is -2.29. The van der Waals surface area contributed by atoms with Crippen LogP contribution in [-0.2, 0) is 14.8 Å². The molecular weight excluding hydrogens is 360 g/mol. The normalized spacial score (nSPS) is 21.9. The molecule has 1 aliphatic carbocycles. The molecule has 1 saturated heterocycles. The molecule has 0 aromatic heterocycles. The summed E-state index contributed by atoms with van der Waals surface area (Å²) in [6.07, 6.45) is 6.14. The SMILES string of the molecule is CC(C(=O)Nc1ccc(N2CCCCS2(=O)=O)c(Cl)c1)C1CCCC1. The third-order valence-corrected chi connectivity index (χ3v) is 7.51.